The summed E-state index contributed by atoms with van der Waals surface area (Å²) in [7, 11) is 0. The van der Waals surface area contributed by atoms with E-state index in [1.54, 1.807) is 0 Å². The molecule has 2 N–H and O–H groups in total. The zero-order valence-electron chi connectivity index (χ0n) is 11.9. The fraction of sp³-hybridized carbons (Fsp3) is 0.533. The number of nitrogens with zero attached hydrogens (tertiary/aromatic N) is 1. The van der Waals surface area contributed by atoms with Crippen molar-refractivity contribution in [2.24, 2.45) is 0 Å². The molecule has 1 atom stereocenters. The largest absolute Gasteiger partial charge is 0.355 e. The van der Waals surface area contributed by atoms with Gasteiger partial charge in [0.15, 0.2) is 0 Å². The summed E-state index contributed by atoms with van der Waals surface area (Å²) in [6.07, 6.45) is 0.833. The van der Waals surface area contributed by atoms with Crippen LogP contribution in [0.2, 0.25) is 5.02 Å². The first kappa shape index (κ1) is 15.3. The highest BCUT2D eigenvalue weighted by atomic mass is 35.5. The minimum Gasteiger partial charge on any atom is -0.355 e. The lowest BCUT2D eigenvalue weighted by atomic mass is 10.1. The first-order chi connectivity index (χ1) is 9.65. The van der Waals surface area contributed by atoms with Gasteiger partial charge < -0.3 is 10.6 Å². The number of amides is 1. The van der Waals surface area contributed by atoms with E-state index < -0.39 is 0 Å². The van der Waals surface area contributed by atoms with Gasteiger partial charge in [0.25, 0.3) is 0 Å². The van der Waals surface area contributed by atoms with Gasteiger partial charge in [0.05, 0.1) is 6.54 Å². The summed E-state index contributed by atoms with van der Waals surface area (Å²) in [6, 6.07) is 8.16. The van der Waals surface area contributed by atoms with Crippen molar-refractivity contribution in [3.63, 3.8) is 0 Å². The Morgan fingerprint density at radius 1 is 1.45 bits per heavy atom. The second-order valence-corrected chi connectivity index (χ2v) is 5.69. The zero-order chi connectivity index (χ0) is 14.4. The van der Waals surface area contributed by atoms with E-state index in [4.69, 9.17) is 11.6 Å². The van der Waals surface area contributed by atoms with E-state index in [1.165, 1.54) is 5.56 Å². The molecule has 1 aliphatic rings. The van der Waals surface area contributed by atoms with E-state index >= 15 is 0 Å². The molecule has 1 saturated heterocycles. The minimum atomic E-state index is 0.104. The molecule has 0 spiro atoms. The Bertz CT molecular complexity index is 435. The normalized spacial score (nSPS) is 19.8. The predicted molar refractivity (Wildman–Crippen MR) is 82.1 cm³/mol. The molecule has 4 nitrogen and oxygen atoms in total. The van der Waals surface area contributed by atoms with Gasteiger partial charge in [-0.15, -0.1) is 0 Å². The summed E-state index contributed by atoms with van der Waals surface area (Å²) >= 11 is 5.84. The Morgan fingerprint density at radius 3 is 2.90 bits per heavy atom. The van der Waals surface area contributed by atoms with Crippen molar-refractivity contribution in [1.82, 2.24) is 15.5 Å². The Kier molecular flexibility index (Phi) is 5.83. The molecular weight excluding hydrogens is 274 g/mol. The molecule has 0 saturated carbocycles. The molecule has 20 heavy (non-hydrogen) atoms. The van der Waals surface area contributed by atoms with E-state index in [1.807, 2.05) is 24.3 Å². The number of nitrogens with one attached hydrogen (secondary N) is 2. The van der Waals surface area contributed by atoms with Crippen molar-refractivity contribution in [2.75, 3.05) is 32.7 Å². The van der Waals surface area contributed by atoms with Gasteiger partial charge in [-0.05, 0) is 31.0 Å². The minimum absolute atomic E-state index is 0.104. The number of rotatable bonds is 5. The highest BCUT2D eigenvalue weighted by molar-refractivity contribution is 6.30. The topological polar surface area (TPSA) is 44.4 Å². The van der Waals surface area contributed by atoms with Gasteiger partial charge in [-0.2, -0.15) is 0 Å². The summed E-state index contributed by atoms with van der Waals surface area (Å²) < 4.78 is 0. The number of carbonyl (C=O) groups is 1. The number of piperazine rings is 1. The quantitative estimate of drug-likeness (QED) is 0.860. The number of halogens is 1. The maximum absolute atomic E-state index is 11.9. The third-order valence-corrected chi connectivity index (χ3v) is 3.89. The van der Waals surface area contributed by atoms with Gasteiger partial charge in [0.2, 0.25) is 5.91 Å². The summed E-state index contributed by atoms with van der Waals surface area (Å²) in [5, 5.41) is 7.04. The smallest absolute Gasteiger partial charge is 0.234 e. The third-order valence-electron chi connectivity index (χ3n) is 3.63. The lowest BCUT2D eigenvalue weighted by molar-refractivity contribution is -0.122. The van der Waals surface area contributed by atoms with Gasteiger partial charge in [0, 0.05) is 37.2 Å². The van der Waals surface area contributed by atoms with Crippen LogP contribution in [-0.2, 0) is 11.2 Å². The van der Waals surface area contributed by atoms with Gasteiger partial charge in [-0.1, -0.05) is 23.7 Å². The summed E-state index contributed by atoms with van der Waals surface area (Å²) in [5.74, 6) is 0.104. The summed E-state index contributed by atoms with van der Waals surface area (Å²) in [4.78, 5) is 14.1. The summed E-state index contributed by atoms with van der Waals surface area (Å²) in [6.45, 7) is 6.16. The fourth-order valence-corrected chi connectivity index (χ4v) is 2.48. The Labute approximate surface area is 125 Å². The van der Waals surface area contributed by atoms with Gasteiger partial charge in [0.1, 0.15) is 0 Å². The molecule has 2 rings (SSSR count). The molecular formula is C15H22ClN3O. The maximum atomic E-state index is 11.9. The van der Waals surface area contributed by atoms with Crippen LogP contribution in [0.1, 0.15) is 12.5 Å². The third kappa shape index (κ3) is 4.78. The highest BCUT2D eigenvalue weighted by Crippen LogP contribution is 2.09. The van der Waals surface area contributed by atoms with Crippen molar-refractivity contribution in [2.45, 2.75) is 19.4 Å². The van der Waals surface area contributed by atoms with Crippen LogP contribution < -0.4 is 10.6 Å². The average Bonchev–Trinajstić information content (AvgIpc) is 2.44. The first-order valence-corrected chi connectivity index (χ1v) is 7.49. The average molecular weight is 296 g/mol. The predicted octanol–water partition coefficient (Wildman–Crippen LogP) is 1.29. The number of hydrogen-bond acceptors (Lipinski definition) is 3. The van der Waals surface area contributed by atoms with E-state index in [0.717, 1.165) is 31.1 Å². The highest BCUT2D eigenvalue weighted by Gasteiger charge is 2.19. The second kappa shape index (κ2) is 7.62. The summed E-state index contributed by atoms with van der Waals surface area (Å²) in [5.41, 5.74) is 1.19. The van der Waals surface area contributed by atoms with Crippen LogP contribution in [0.15, 0.2) is 24.3 Å². The Morgan fingerprint density at radius 2 is 2.20 bits per heavy atom. The molecule has 0 aliphatic carbocycles. The molecule has 1 aromatic rings. The van der Waals surface area contributed by atoms with Crippen molar-refractivity contribution in [3.8, 4) is 0 Å². The van der Waals surface area contributed by atoms with Crippen LogP contribution in [0.4, 0.5) is 0 Å². The van der Waals surface area contributed by atoms with E-state index in [0.29, 0.717) is 19.1 Å². The van der Waals surface area contributed by atoms with Crippen LogP contribution in [0.3, 0.4) is 0 Å². The van der Waals surface area contributed by atoms with Crippen LogP contribution >= 0.6 is 11.6 Å². The van der Waals surface area contributed by atoms with Crippen molar-refractivity contribution in [3.05, 3.63) is 34.9 Å². The lowest BCUT2D eigenvalue weighted by Gasteiger charge is -2.33. The molecule has 1 amide bonds. The van der Waals surface area contributed by atoms with E-state index in [9.17, 15) is 4.79 Å². The zero-order valence-corrected chi connectivity index (χ0v) is 12.6. The van der Waals surface area contributed by atoms with Gasteiger partial charge in [-0.3, -0.25) is 9.69 Å². The van der Waals surface area contributed by atoms with Crippen LogP contribution in [0.5, 0.6) is 0 Å². The Balaban J connectivity index is 1.68. The molecule has 0 bridgehead atoms. The fourth-order valence-electron chi connectivity index (χ4n) is 2.36. The second-order valence-electron chi connectivity index (χ2n) is 5.25. The van der Waals surface area contributed by atoms with Gasteiger partial charge in [-0.25, -0.2) is 0 Å². The number of hydrogen-bond donors (Lipinski definition) is 2. The van der Waals surface area contributed by atoms with E-state index in [2.05, 4.69) is 22.5 Å². The molecule has 0 radical (unpaired) electrons. The van der Waals surface area contributed by atoms with Crippen LogP contribution in [0, 0.1) is 0 Å². The lowest BCUT2D eigenvalue weighted by Crippen LogP contribution is -2.52. The van der Waals surface area contributed by atoms with Crippen molar-refractivity contribution < 1.29 is 4.79 Å². The monoisotopic (exact) mass is 295 g/mol. The van der Waals surface area contributed by atoms with E-state index in [-0.39, 0.29) is 5.91 Å². The first-order valence-electron chi connectivity index (χ1n) is 7.11. The molecule has 110 valence electrons. The standard InChI is InChI=1S/C15H22ClN3O/c1-12-10-17-8-9-19(12)11-15(20)18-7-6-13-2-4-14(16)5-3-13/h2-5,12,17H,6-11H2,1H3,(H,18,20)/t12-/m0/s1. The number of carbonyl (C=O) groups excluding carboxylic acids is 1. The SMILES string of the molecule is C[C@H]1CNCCN1CC(=O)NCCc1ccc(Cl)cc1. The molecule has 1 heterocycles. The van der Waals surface area contributed by atoms with Crippen molar-refractivity contribution >= 4 is 17.5 Å². The van der Waals surface area contributed by atoms with Crippen LogP contribution in [0.25, 0.3) is 0 Å². The molecule has 1 fully saturated rings. The molecule has 1 aliphatic heterocycles. The molecule has 0 aromatic heterocycles. The molecule has 0 unspecified atom stereocenters. The van der Waals surface area contributed by atoms with Crippen LogP contribution in [-0.4, -0.2) is 49.6 Å². The maximum Gasteiger partial charge on any atom is 0.234 e. The molecule has 5 heteroatoms. The van der Waals surface area contributed by atoms with Gasteiger partial charge >= 0.3 is 0 Å². The Hall–Kier alpha value is -1.10. The number of benzene rings is 1. The molecule has 1 aromatic carbocycles. The van der Waals surface area contributed by atoms with Crippen molar-refractivity contribution in [1.29, 1.82) is 0 Å².